The first-order valence-corrected chi connectivity index (χ1v) is 13.2. The van der Waals surface area contributed by atoms with Gasteiger partial charge in [-0.05, 0) is 78.0 Å². The molecule has 1 aromatic carbocycles. The van der Waals surface area contributed by atoms with Crippen molar-refractivity contribution in [2.24, 2.45) is 5.41 Å². The van der Waals surface area contributed by atoms with Crippen LogP contribution in [-0.4, -0.2) is 52.6 Å². The summed E-state index contributed by atoms with van der Waals surface area (Å²) in [5.74, 6) is -2.83. The smallest absolute Gasteiger partial charge is 0.257 e. The minimum absolute atomic E-state index is 0.196. The Bertz CT molecular complexity index is 1270. The highest BCUT2D eigenvalue weighted by Crippen LogP contribution is 2.54. The van der Waals surface area contributed by atoms with Crippen LogP contribution < -0.4 is 15.1 Å². The summed E-state index contributed by atoms with van der Waals surface area (Å²) < 4.78 is 30.1. The first-order chi connectivity index (χ1) is 16.8. The summed E-state index contributed by atoms with van der Waals surface area (Å²) in [5, 5.41) is 7.27. The van der Waals surface area contributed by atoms with E-state index in [-0.39, 0.29) is 31.8 Å². The van der Waals surface area contributed by atoms with E-state index in [1.54, 1.807) is 10.7 Å². The van der Waals surface area contributed by atoms with Crippen LogP contribution in [0.1, 0.15) is 48.9 Å². The number of pyridine rings is 1. The van der Waals surface area contributed by atoms with Gasteiger partial charge in [-0.15, -0.1) is 0 Å². The van der Waals surface area contributed by atoms with Gasteiger partial charge in [0.1, 0.15) is 6.33 Å². The van der Waals surface area contributed by atoms with Crippen molar-refractivity contribution in [3.05, 3.63) is 45.9 Å². The van der Waals surface area contributed by atoms with Crippen LogP contribution in [0.3, 0.4) is 0 Å². The lowest BCUT2D eigenvalue weighted by Gasteiger charge is -2.35. The fourth-order valence-corrected chi connectivity index (χ4v) is 5.82. The Kier molecular flexibility index (Phi) is 5.61. The Hall–Kier alpha value is -2.50. The number of rotatable bonds is 4. The third kappa shape index (κ3) is 4.56. The van der Waals surface area contributed by atoms with Crippen LogP contribution in [0.25, 0.3) is 5.65 Å². The normalized spacial score (nSPS) is 20.9. The third-order valence-corrected chi connectivity index (χ3v) is 8.45. The number of amides is 1. The van der Waals surface area contributed by atoms with Crippen molar-refractivity contribution < 1.29 is 13.6 Å². The highest BCUT2D eigenvalue weighted by Gasteiger charge is 2.44. The summed E-state index contributed by atoms with van der Waals surface area (Å²) in [5.41, 5.74) is 4.00. The predicted octanol–water partition coefficient (Wildman–Crippen LogP) is 5.20. The molecule has 2 aromatic heterocycles. The molecule has 3 aliphatic rings. The number of anilines is 3. The minimum Gasteiger partial charge on any atom is -0.371 e. The van der Waals surface area contributed by atoms with E-state index in [1.807, 2.05) is 23.1 Å². The highest BCUT2D eigenvalue weighted by molar-refractivity contribution is 14.1. The molecule has 3 fully saturated rings. The molecule has 1 amide bonds. The van der Waals surface area contributed by atoms with E-state index in [0.29, 0.717) is 28.0 Å². The van der Waals surface area contributed by atoms with Crippen LogP contribution in [0.5, 0.6) is 0 Å². The van der Waals surface area contributed by atoms with Crippen molar-refractivity contribution >= 4 is 51.2 Å². The van der Waals surface area contributed by atoms with E-state index in [2.05, 4.69) is 49.0 Å². The lowest BCUT2D eigenvalue weighted by Crippen LogP contribution is -2.39. The van der Waals surface area contributed by atoms with Gasteiger partial charge in [-0.25, -0.2) is 18.3 Å². The average Bonchev–Trinajstić information content (AvgIpc) is 3.41. The van der Waals surface area contributed by atoms with Crippen LogP contribution >= 0.6 is 22.6 Å². The SMILES string of the molecule is O=C(Nc1cc(N2CCC(F)(F)CC2)c2ncnn2c1)c1ccc(I)cc1N1CCC2(CC1)CC2. The predicted molar refractivity (Wildman–Crippen MR) is 140 cm³/mol. The summed E-state index contributed by atoms with van der Waals surface area (Å²) in [6.45, 7) is 2.39. The Morgan fingerprint density at radius 1 is 0.943 bits per heavy atom. The molecule has 4 heterocycles. The van der Waals surface area contributed by atoms with Gasteiger partial charge in [-0.2, -0.15) is 5.10 Å². The van der Waals surface area contributed by atoms with Crippen molar-refractivity contribution in [3.8, 4) is 0 Å². The van der Waals surface area contributed by atoms with Crippen molar-refractivity contribution in [1.82, 2.24) is 14.6 Å². The Morgan fingerprint density at radius 3 is 2.34 bits per heavy atom. The first-order valence-electron chi connectivity index (χ1n) is 12.1. The van der Waals surface area contributed by atoms with Gasteiger partial charge < -0.3 is 15.1 Å². The quantitative estimate of drug-likeness (QED) is 0.422. The maximum atomic E-state index is 13.7. The molecule has 184 valence electrons. The van der Waals surface area contributed by atoms with Crippen molar-refractivity contribution in [1.29, 1.82) is 0 Å². The molecule has 0 atom stereocenters. The number of carbonyl (C=O) groups is 1. The number of halogens is 3. The highest BCUT2D eigenvalue weighted by atomic mass is 127. The molecule has 7 nitrogen and oxygen atoms in total. The molecular formula is C25H27F2IN6O. The molecule has 6 rings (SSSR count). The molecule has 1 saturated carbocycles. The van der Waals surface area contributed by atoms with Gasteiger partial charge in [0, 0.05) is 42.6 Å². The third-order valence-electron chi connectivity index (χ3n) is 7.78. The summed E-state index contributed by atoms with van der Waals surface area (Å²) >= 11 is 2.29. The van der Waals surface area contributed by atoms with E-state index in [4.69, 9.17) is 0 Å². The molecular weight excluding hydrogens is 565 g/mol. The number of piperidine rings is 2. The standard InChI is InChI=1S/C25H27F2IN6O/c26-25(27)7-11-33(12-8-25)21-14-18(15-34-22(21)29-16-30-34)31-23(35)19-2-1-17(28)13-20(19)32-9-5-24(3-4-24)6-10-32/h1-2,13-16H,3-12H2,(H,31,35). The monoisotopic (exact) mass is 592 g/mol. The fraction of sp³-hybridized carbons (Fsp3) is 0.480. The average molecular weight is 592 g/mol. The number of hydrogen-bond donors (Lipinski definition) is 1. The largest absolute Gasteiger partial charge is 0.371 e. The Morgan fingerprint density at radius 2 is 1.63 bits per heavy atom. The van der Waals surface area contributed by atoms with Gasteiger partial charge in [0.05, 0.1) is 28.8 Å². The summed E-state index contributed by atoms with van der Waals surface area (Å²) in [6, 6.07) is 7.73. The molecule has 35 heavy (non-hydrogen) atoms. The van der Waals surface area contributed by atoms with Gasteiger partial charge in [0.25, 0.3) is 11.8 Å². The molecule has 1 aliphatic carbocycles. The second-order valence-electron chi connectivity index (χ2n) is 10.1. The van der Waals surface area contributed by atoms with Crippen molar-refractivity contribution in [2.75, 3.05) is 41.3 Å². The zero-order valence-corrected chi connectivity index (χ0v) is 21.5. The Balaban J connectivity index is 1.27. The maximum Gasteiger partial charge on any atom is 0.257 e. The molecule has 10 heteroatoms. The summed E-state index contributed by atoms with van der Waals surface area (Å²) in [7, 11) is 0. The van der Waals surface area contributed by atoms with E-state index in [9.17, 15) is 13.6 Å². The number of aromatic nitrogens is 3. The lowest BCUT2D eigenvalue weighted by atomic mass is 9.93. The van der Waals surface area contributed by atoms with Crippen LogP contribution in [0, 0.1) is 8.99 Å². The number of carbonyl (C=O) groups excluding carboxylic acids is 1. The van der Waals surface area contributed by atoms with Gasteiger partial charge >= 0.3 is 0 Å². The van der Waals surface area contributed by atoms with E-state index >= 15 is 0 Å². The Labute approximate surface area is 216 Å². The van der Waals surface area contributed by atoms with Gasteiger partial charge in [-0.1, -0.05) is 0 Å². The van der Waals surface area contributed by atoms with Crippen LogP contribution in [0.2, 0.25) is 0 Å². The molecule has 0 radical (unpaired) electrons. The van der Waals surface area contributed by atoms with Gasteiger partial charge in [-0.3, -0.25) is 4.79 Å². The molecule has 1 spiro atoms. The number of benzene rings is 1. The second-order valence-corrected chi connectivity index (χ2v) is 11.3. The molecule has 1 N–H and O–H groups in total. The topological polar surface area (TPSA) is 65.8 Å². The van der Waals surface area contributed by atoms with Crippen LogP contribution in [0.15, 0.2) is 36.8 Å². The zero-order chi connectivity index (χ0) is 24.2. The second kappa shape index (κ2) is 8.56. The molecule has 2 saturated heterocycles. The molecule has 3 aromatic rings. The minimum atomic E-state index is -2.64. The van der Waals surface area contributed by atoms with Gasteiger partial charge in [0.15, 0.2) is 5.65 Å². The van der Waals surface area contributed by atoms with Crippen LogP contribution in [-0.2, 0) is 0 Å². The van der Waals surface area contributed by atoms with Crippen LogP contribution in [0.4, 0.5) is 25.8 Å². The van der Waals surface area contributed by atoms with E-state index in [0.717, 1.165) is 22.3 Å². The molecule has 2 aliphatic heterocycles. The molecule has 0 unspecified atom stereocenters. The van der Waals surface area contributed by atoms with Crippen molar-refractivity contribution in [3.63, 3.8) is 0 Å². The first kappa shape index (κ1) is 22.9. The van der Waals surface area contributed by atoms with Crippen molar-refractivity contribution in [2.45, 2.75) is 44.4 Å². The zero-order valence-electron chi connectivity index (χ0n) is 19.3. The fourth-order valence-electron chi connectivity index (χ4n) is 5.34. The van der Waals surface area contributed by atoms with E-state index < -0.39 is 5.92 Å². The number of hydrogen-bond acceptors (Lipinski definition) is 5. The number of nitrogens with one attached hydrogen (secondary N) is 1. The lowest BCUT2D eigenvalue weighted by molar-refractivity contribution is -0.0220. The van der Waals surface area contributed by atoms with E-state index in [1.165, 1.54) is 32.0 Å². The van der Waals surface area contributed by atoms with Gasteiger partial charge in [0.2, 0.25) is 0 Å². The molecule has 0 bridgehead atoms. The number of nitrogens with zero attached hydrogens (tertiary/aromatic N) is 5. The summed E-state index contributed by atoms with van der Waals surface area (Å²) in [4.78, 5) is 22.0. The maximum absolute atomic E-state index is 13.7. The number of fused-ring (bicyclic) bond motifs is 1. The number of alkyl halides is 2. The summed E-state index contributed by atoms with van der Waals surface area (Å²) in [6.07, 6.45) is 7.78.